The van der Waals surface area contributed by atoms with E-state index in [-0.39, 0.29) is 66.5 Å². The van der Waals surface area contributed by atoms with Crippen molar-refractivity contribution in [3.63, 3.8) is 0 Å². The summed E-state index contributed by atoms with van der Waals surface area (Å²) in [6.45, 7) is 0. The van der Waals surface area contributed by atoms with Crippen LogP contribution in [0.4, 0.5) is 0 Å². The Morgan fingerprint density at radius 1 is 1.33 bits per heavy atom. The Morgan fingerprint density at radius 3 is 1.33 bits per heavy atom. The Hall–Kier alpha value is 2.60. The fraction of sp³-hybridized carbons (Fsp3) is 0. The van der Waals surface area contributed by atoms with Crippen molar-refractivity contribution in [1.29, 1.82) is 0 Å². The minimum Gasteiger partial charge on any atom is 0 e. The Balaban J connectivity index is -0.0000000450. The van der Waals surface area contributed by atoms with Crippen LogP contribution in [-0.2, 0) is 43.0 Å². The Labute approximate surface area is 93.8 Å². The zero-order valence-electron chi connectivity index (χ0n) is 2.75. The molecule has 0 atom stereocenters. The molecule has 0 saturated heterocycles. The smallest absolute Gasteiger partial charge is 0 e. The third kappa shape index (κ3) is 30.6. The first kappa shape index (κ1) is 15.8. The molecule has 6 heteroatoms. The maximum Gasteiger partial charge on any atom is 2.00 e. The largest absolute Gasteiger partial charge is 2.00 e. The quantitative estimate of drug-likeness (QED) is 0.426. The first-order valence-electron chi connectivity index (χ1n) is 0.612. The minimum absolute atomic E-state index is 0. The van der Waals surface area contributed by atoms with Crippen LogP contribution in [0.3, 0.4) is 0 Å². The fourth-order valence-corrected chi connectivity index (χ4v) is 0. The van der Waals surface area contributed by atoms with Crippen molar-refractivity contribution in [2.45, 2.75) is 0 Å². The van der Waals surface area contributed by atoms with Crippen LogP contribution < -0.4 is 7.38 Å². The molecular weight excluding hydrogens is 379 g/mol. The van der Waals surface area contributed by atoms with Crippen LogP contribution in [0.25, 0.3) is 0 Å². The Kier molecular flexibility index (Phi) is 27.9. The second-order valence-corrected chi connectivity index (χ2v) is 1.03. The molecule has 0 aromatic heterocycles. The van der Waals surface area contributed by atoms with Crippen LogP contribution in [0.2, 0.25) is 0 Å². The van der Waals surface area contributed by atoms with E-state index in [1.807, 2.05) is 0 Å². The summed E-state index contributed by atoms with van der Waals surface area (Å²) in [7, 11) is 0. The van der Waals surface area contributed by atoms with Crippen LogP contribution in [-0.4, -0.2) is 45.5 Å². The van der Waals surface area contributed by atoms with Gasteiger partial charge in [-0.15, -0.1) is 0 Å². The van der Waals surface area contributed by atoms with Gasteiger partial charge in [0, 0.05) is 21.1 Å². The molecule has 0 aliphatic carbocycles. The Morgan fingerprint density at radius 2 is 1.33 bits per heavy atom. The van der Waals surface area contributed by atoms with Gasteiger partial charge >= 0.3 is 74.8 Å². The molecule has 0 fully saturated rings. The van der Waals surface area contributed by atoms with Gasteiger partial charge in [-0.1, -0.05) is 0 Å². The van der Waals surface area contributed by atoms with E-state index in [2.05, 4.69) is 0 Å². The second kappa shape index (κ2) is 10.6. The molecule has 34 valence electrons. The zero-order chi connectivity index (χ0) is 3.58. The van der Waals surface area contributed by atoms with Gasteiger partial charge in [0.2, 0.25) is 0 Å². The molecule has 0 spiro atoms. The molecule has 0 rings (SSSR count). The summed E-state index contributed by atoms with van der Waals surface area (Å²) in [6.07, 6.45) is 0. The molecule has 3 nitrogen and oxygen atoms in total. The molecule has 0 aromatic rings. The zero-order valence-corrected chi connectivity index (χ0v) is 10.1. The van der Waals surface area contributed by atoms with Gasteiger partial charge in [-0.05, 0) is 0 Å². The van der Waals surface area contributed by atoms with Gasteiger partial charge < -0.3 is 0 Å². The average Bonchev–Trinajstić information content (AvgIpc) is 0.811. The van der Waals surface area contributed by atoms with Gasteiger partial charge in [0.15, 0.2) is 0 Å². The summed E-state index contributed by atoms with van der Waals surface area (Å²) in [5.74, 6) is 0. The van der Waals surface area contributed by atoms with E-state index in [0.29, 0.717) is 0 Å². The molecular formula is O3PtSrTi. The average molecular weight is 379 g/mol. The molecule has 0 aliphatic heterocycles. The molecule has 0 N–H and O–H groups in total. The van der Waals surface area contributed by atoms with E-state index in [0.717, 1.165) is 0 Å². The van der Waals surface area contributed by atoms with Gasteiger partial charge in [-0.3, -0.25) is 0 Å². The van der Waals surface area contributed by atoms with Crippen molar-refractivity contribution in [2.75, 3.05) is 0 Å². The summed E-state index contributed by atoms with van der Waals surface area (Å²) in [5, 5.41) is 0. The first-order chi connectivity index (χ1) is 1.73. The number of rotatable bonds is 0. The van der Waals surface area contributed by atoms with Crippen molar-refractivity contribution in [1.82, 2.24) is 0 Å². The van der Waals surface area contributed by atoms with Crippen LogP contribution in [0.15, 0.2) is 0 Å². The molecule has 0 amide bonds. The maximum atomic E-state index is 8.58. The van der Waals surface area contributed by atoms with E-state index >= 15 is 0 Å². The molecule has 0 heterocycles. The van der Waals surface area contributed by atoms with Crippen LogP contribution in [0.1, 0.15) is 0 Å². The summed E-state index contributed by atoms with van der Waals surface area (Å²) in [5.41, 5.74) is 0. The number of hydrogen-bond donors (Lipinski definition) is 0. The molecule has 0 bridgehead atoms. The first-order valence-corrected chi connectivity index (χ1v) is 2.52. The van der Waals surface area contributed by atoms with Crippen molar-refractivity contribution in [2.24, 2.45) is 0 Å². The summed E-state index contributed by atoms with van der Waals surface area (Å²) in [6, 6.07) is 0. The molecule has 6 heavy (non-hydrogen) atoms. The van der Waals surface area contributed by atoms with Gasteiger partial charge in [0.25, 0.3) is 0 Å². The summed E-state index contributed by atoms with van der Waals surface area (Å²) in [4.78, 5) is 0. The molecule has 0 radical (unpaired) electrons. The predicted octanol–water partition coefficient (Wildman–Crippen LogP) is -2.88. The topological polar surface area (TPSA) is 63.2 Å². The predicted molar refractivity (Wildman–Crippen MR) is 6.44 cm³/mol. The third-order valence-electron chi connectivity index (χ3n) is 0. The second-order valence-electron chi connectivity index (χ2n) is 0.250. The van der Waals surface area contributed by atoms with Gasteiger partial charge in [0.1, 0.15) is 0 Å². The minimum atomic E-state index is -4.08. The maximum absolute atomic E-state index is 8.58. The van der Waals surface area contributed by atoms with Gasteiger partial charge in [-0.25, -0.2) is 0 Å². The molecule has 0 saturated carbocycles. The fourth-order valence-electron chi connectivity index (χ4n) is 0. The standard InChI is InChI=1S/3O.Pt.Sr.Ti/q;2*-1;;+2;. The van der Waals surface area contributed by atoms with Gasteiger partial charge in [-0.2, -0.15) is 0 Å². The third-order valence-corrected chi connectivity index (χ3v) is 0. The molecule has 0 unspecified atom stereocenters. The van der Waals surface area contributed by atoms with E-state index in [9.17, 15) is 0 Å². The number of hydrogen-bond acceptors (Lipinski definition) is 3. The van der Waals surface area contributed by atoms with E-state index in [4.69, 9.17) is 10.7 Å². The van der Waals surface area contributed by atoms with E-state index in [1.54, 1.807) is 0 Å². The molecule has 0 aromatic carbocycles. The van der Waals surface area contributed by atoms with Crippen LogP contribution in [0, 0.1) is 0 Å². The molecule has 0 aliphatic rings. The summed E-state index contributed by atoms with van der Waals surface area (Å²) < 4.78 is 25.8. The SMILES string of the molecule is [O]=[Ti]([O-])[O-].[Pt].[Sr+2]. The van der Waals surface area contributed by atoms with Gasteiger partial charge in [0.05, 0.1) is 0 Å². The summed E-state index contributed by atoms with van der Waals surface area (Å²) >= 11 is -4.08. The van der Waals surface area contributed by atoms with Crippen LogP contribution >= 0.6 is 0 Å². The van der Waals surface area contributed by atoms with Crippen molar-refractivity contribution in [3.05, 3.63) is 0 Å². The monoisotopic (exact) mass is 379 g/mol. The van der Waals surface area contributed by atoms with Crippen molar-refractivity contribution < 1.29 is 50.4 Å². The van der Waals surface area contributed by atoms with E-state index < -0.39 is 18.6 Å². The van der Waals surface area contributed by atoms with Crippen molar-refractivity contribution >= 4 is 45.5 Å². The Bertz CT molecular complexity index is 33.8. The van der Waals surface area contributed by atoms with Crippen LogP contribution in [0.5, 0.6) is 0 Å². The van der Waals surface area contributed by atoms with Crippen molar-refractivity contribution in [3.8, 4) is 0 Å². The van der Waals surface area contributed by atoms with E-state index in [1.165, 1.54) is 0 Å². The normalized spacial score (nSPS) is 4.33.